The number of rotatable bonds is 3. The van der Waals surface area contributed by atoms with Crippen molar-refractivity contribution in [1.82, 2.24) is 4.72 Å². The van der Waals surface area contributed by atoms with Crippen LogP contribution in [0.3, 0.4) is 0 Å². The van der Waals surface area contributed by atoms with E-state index in [-0.39, 0.29) is 5.69 Å². The van der Waals surface area contributed by atoms with Crippen molar-refractivity contribution < 1.29 is 12.8 Å². The van der Waals surface area contributed by atoms with Crippen LogP contribution in [0.1, 0.15) is 6.92 Å². The van der Waals surface area contributed by atoms with Crippen molar-refractivity contribution in [2.24, 2.45) is 0 Å². The third-order valence-electron chi connectivity index (χ3n) is 1.83. The van der Waals surface area contributed by atoms with Crippen LogP contribution in [0.25, 0.3) is 0 Å². The van der Waals surface area contributed by atoms with E-state index in [0.29, 0.717) is 0 Å². The topological polar surface area (TPSA) is 72.2 Å². The summed E-state index contributed by atoms with van der Waals surface area (Å²) < 4.78 is 38.8. The molecular weight excluding hydrogens is 231 g/mol. The van der Waals surface area contributed by atoms with Crippen molar-refractivity contribution in [3.63, 3.8) is 0 Å². The molecule has 0 aromatic heterocycles. The zero-order valence-electron chi connectivity index (χ0n) is 8.57. The number of nitrogen functional groups attached to an aromatic ring is 1. The Morgan fingerprint density at radius 3 is 2.75 bits per heavy atom. The molecule has 16 heavy (non-hydrogen) atoms. The monoisotopic (exact) mass is 242 g/mol. The molecule has 0 aliphatic carbocycles. The molecule has 0 spiro atoms. The summed E-state index contributed by atoms with van der Waals surface area (Å²) in [5.74, 6) is 1.31. The zero-order valence-corrected chi connectivity index (χ0v) is 9.38. The normalized spacial score (nSPS) is 13.1. The molecule has 0 fully saturated rings. The summed E-state index contributed by atoms with van der Waals surface area (Å²) in [7, 11) is -3.97. The highest BCUT2D eigenvalue weighted by Gasteiger charge is 2.20. The standard InChI is InChI=1S/C10H11FN2O2S/c1-3-7(2)13-16(14,15)10-6-8(12)4-5-9(10)11/h1,4-7,13H,12H2,2H3. The molecular formula is C10H11FN2O2S. The largest absolute Gasteiger partial charge is 0.399 e. The molecule has 0 saturated heterocycles. The first-order chi connectivity index (χ1) is 7.36. The Bertz CT molecular complexity index is 534. The molecule has 6 heteroatoms. The molecule has 1 unspecified atom stereocenters. The van der Waals surface area contributed by atoms with E-state index in [0.717, 1.165) is 12.1 Å². The van der Waals surface area contributed by atoms with Crippen LogP contribution in [-0.2, 0) is 10.0 Å². The average molecular weight is 242 g/mol. The predicted octanol–water partition coefficient (Wildman–Crippen LogP) is 0.708. The highest BCUT2D eigenvalue weighted by atomic mass is 32.2. The van der Waals surface area contributed by atoms with Crippen LogP contribution in [-0.4, -0.2) is 14.5 Å². The Morgan fingerprint density at radius 2 is 2.19 bits per heavy atom. The number of hydrogen-bond donors (Lipinski definition) is 2. The number of benzene rings is 1. The van der Waals surface area contributed by atoms with Crippen molar-refractivity contribution >= 4 is 15.7 Å². The van der Waals surface area contributed by atoms with Gasteiger partial charge in [0.05, 0.1) is 6.04 Å². The fourth-order valence-corrected chi connectivity index (χ4v) is 2.33. The molecule has 0 aliphatic rings. The number of hydrogen-bond acceptors (Lipinski definition) is 3. The van der Waals surface area contributed by atoms with Gasteiger partial charge in [-0.15, -0.1) is 6.42 Å². The number of nitrogens with two attached hydrogens (primary N) is 1. The Kier molecular flexibility index (Phi) is 3.52. The number of anilines is 1. The smallest absolute Gasteiger partial charge is 0.244 e. The molecule has 1 rings (SSSR count). The highest BCUT2D eigenvalue weighted by molar-refractivity contribution is 7.89. The lowest BCUT2D eigenvalue weighted by Gasteiger charge is -2.10. The maximum absolute atomic E-state index is 13.3. The molecule has 4 nitrogen and oxygen atoms in total. The summed E-state index contributed by atoms with van der Waals surface area (Å²) in [6.45, 7) is 1.47. The van der Waals surface area contributed by atoms with Crippen LogP contribution >= 0.6 is 0 Å². The summed E-state index contributed by atoms with van der Waals surface area (Å²) in [5, 5.41) is 0. The van der Waals surface area contributed by atoms with Gasteiger partial charge in [0.25, 0.3) is 0 Å². The van der Waals surface area contributed by atoms with E-state index >= 15 is 0 Å². The SMILES string of the molecule is C#CC(C)NS(=O)(=O)c1cc(N)ccc1F. The molecule has 0 saturated carbocycles. The lowest BCUT2D eigenvalue weighted by molar-refractivity contribution is 0.554. The molecule has 0 radical (unpaired) electrons. The van der Waals surface area contributed by atoms with Crippen molar-refractivity contribution in [3.8, 4) is 12.3 Å². The van der Waals surface area contributed by atoms with Crippen LogP contribution in [0.15, 0.2) is 23.1 Å². The van der Waals surface area contributed by atoms with Gasteiger partial charge >= 0.3 is 0 Å². The second-order valence-electron chi connectivity index (χ2n) is 3.20. The Balaban J connectivity index is 3.18. The molecule has 3 N–H and O–H groups in total. The molecule has 1 atom stereocenters. The van der Waals surface area contributed by atoms with Gasteiger partial charge < -0.3 is 5.73 Å². The van der Waals surface area contributed by atoms with Gasteiger partial charge in [-0.3, -0.25) is 0 Å². The van der Waals surface area contributed by atoms with E-state index in [9.17, 15) is 12.8 Å². The van der Waals surface area contributed by atoms with Gasteiger partial charge in [-0.1, -0.05) is 5.92 Å². The molecule has 1 aromatic carbocycles. The van der Waals surface area contributed by atoms with Crippen LogP contribution in [0, 0.1) is 18.2 Å². The van der Waals surface area contributed by atoms with Crippen molar-refractivity contribution in [2.75, 3.05) is 5.73 Å². The first-order valence-corrected chi connectivity index (χ1v) is 5.88. The van der Waals surface area contributed by atoms with Gasteiger partial charge in [0.2, 0.25) is 10.0 Å². The minimum absolute atomic E-state index is 0.162. The van der Waals surface area contributed by atoms with Crippen molar-refractivity contribution in [2.45, 2.75) is 17.9 Å². The predicted molar refractivity (Wildman–Crippen MR) is 59.4 cm³/mol. The summed E-state index contributed by atoms with van der Waals surface area (Å²) >= 11 is 0. The Morgan fingerprint density at radius 1 is 1.56 bits per heavy atom. The number of sulfonamides is 1. The number of terminal acetylenes is 1. The lowest BCUT2D eigenvalue weighted by Crippen LogP contribution is -2.32. The summed E-state index contributed by atoms with van der Waals surface area (Å²) in [6.07, 6.45) is 5.03. The quantitative estimate of drug-likeness (QED) is 0.605. The van der Waals surface area contributed by atoms with Crippen molar-refractivity contribution in [3.05, 3.63) is 24.0 Å². The molecule has 0 bridgehead atoms. The van der Waals surface area contributed by atoms with E-state index in [1.54, 1.807) is 0 Å². The van der Waals surface area contributed by atoms with E-state index < -0.39 is 26.8 Å². The van der Waals surface area contributed by atoms with Gasteiger partial charge in [0, 0.05) is 5.69 Å². The van der Waals surface area contributed by atoms with Crippen molar-refractivity contribution in [1.29, 1.82) is 0 Å². The van der Waals surface area contributed by atoms with Gasteiger partial charge in [0.15, 0.2) is 0 Å². The molecule has 0 aliphatic heterocycles. The minimum atomic E-state index is -3.97. The second kappa shape index (κ2) is 4.51. The average Bonchev–Trinajstić information content (AvgIpc) is 2.20. The number of halogens is 1. The maximum atomic E-state index is 13.3. The molecule has 0 amide bonds. The van der Waals surface area contributed by atoms with E-state index in [1.807, 2.05) is 0 Å². The van der Waals surface area contributed by atoms with Gasteiger partial charge in [-0.05, 0) is 25.1 Å². The van der Waals surface area contributed by atoms with E-state index in [4.69, 9.17) is 12.2 Å². The Hall–Kier alpha value is -1.58. The summed E-state index contributed by atoms with van der Waals surface area (Å²) in [4.78, 5) is -0.505. The molecule has 86 valence electrons. The van der Waals surface area contributed by atoms with Gasteiger partial charge in [-0.2, -0.15) is 4.72 Å². The fourth-order valence-electron chi connectivity index (χ4n) is 1.06. The van der Waals surface area contributed by atoms with E-state index in [1.165, 1.54) is 13.0 Å². The third kappa shape index (κ3) is 2.72. The van der Waals surface area contributed by atoms with Crippen LogP contribution in [0.4, 0.5) is 10.1 Å². The Labute approximate surface area is 93.7 Å². The fraction of sp³-hybridized carbons (Fsp3) is 0.200. The lowest BCUT2D eigenvalue weighted by atomic mass is 10.3. The highest BCUT2D eigenvalue weighted by Crippen LogP contribution is 2.17. The number of nitrogens with one attached hydrogen (secondary N) is 1. The van der Waals surface area contributed by atoms with Crippen LogP contribution < -0.4 is 10.5 Å². The summed E-state index contributed by atoms with van der Waals surface area (Å²) in [5.41, 5.74) is 5.55. The van der Waals surface area contributed by atoms with Crippen LogP contribution in [0.5, 0.6) is 0 Å². The molecule has 0 heterocycles. The minimum Gasteiger partial charge on any atom is -0.399 e. The second-order valence-corrected chi connectivity index (χ2v) is 4.88. The first kappa shape index (κ1) is 12.5. The third-order valence-corrected chi connectivity index (χ3v) is 3.38. The van der Waals surface area contributed by atoms with E-state index in [2.05, 4.69) is 10.6 Å². The zero-order chi connectivity index (χ0) is 12.3. The van der Waals surface area contributed by atoms with Crippen LogP contribution in [0.2, 0.25) is 0 Å². The molecule has 1 aromatic rings. The first-order valence-electron chi connectivity index (χ1n) is 4.40. The summed E-state index contributed by atoms with van der Waals surface area (Å²) in [6, 6.07) is 2.59. The van der Waals surface area contributed by atoms with Gasteiger partial charge in [0.1, 0.15) is 10.7 Å². The maximum Gasteiger partial charge on any atom is 0.244 e. The van der Waals surface area contributed by atoms with Gasteiger partial charge in [-0.25, -0.2) is 12.8 Å².